The molecular formula is C14H13N3O3S. The summed E-state index contributed by atoms with van der Waals surface area (Å²) in [6.45, 7) is 0.169. The molecule has 1 aromatic heterocycles. The third-order valence-electron chi connectivity index (χ3n) is 2.90. The Morgan fingerprint density at radius 1 is 1.24 bits per heavy atom. The van der Waals surface area contributed by atoms with Gasteiger partial charge in [-0.2, -0.15) is 9.57 Å². The quantitative estimate of drug-likeness (QED) is 0.923. The Morgan fingerprint density at radius 2 is 1.90 bits per heavy atom. The molecule has 108 valence electrons. The monoisotopic (exact) mass is 303 g/mol. The molecule has 0 radical (unpaired) electrons. The fourth-order valence-electron chi connectivity index (χ4n) is 1.72. The number of aromatic nitrogens is 1. The van der Waals surface area contributed by atoms with Crippen LogP contribution >= 0.6 is 0 Å². The summed E-state index contributed by atoms with van der Waals surface area (Å²) in [6.07, 6.45) is 1.17. The lowest BCUT2D eigenvalue weighted by molar-refractivity contribution is 0.463. The highest BCUT2D eigenvalue weighted by molar-refractivity contribution is 7.89. The average molecular weight is 303 g/mol. The Morgan fingerprint density at radius 3 is 2.43 bits per heavy atom. The minimum absolute atomic E-state index is 0.0304. The van der Waals surface area contributed by atoms with Crippen molar-refractivity contribution < 1.29 is 13.5 Å². The number of nitrogens with zero attached hydrogens (tertiary/aromatic N) is 3. The number of hydrogen-bond acceptors (Lipinski definition) is 5. The molecular weight excluding hydrogens is 290 g/mol. The van der Waals surface area contributed by atoms with E-state index in [4.69, 9.17) is 5.26 Å². The third-order valence-corrected chi connectivity index (χ3v) is 4.69. The summed E-state index contributed by atoms with van der Waals surface area (Å²) in [7, 11) is -2.21. The van der Waals surface area contributed by atoms with Gasteiger partial charge >= 0.3 is 0 Å². The summed E-state index contributed by atoms with van der Waals surface area (Å²) in [5.41, 5.74) is 0.913. The van der Waals surface area contributed by atoms with E-state index in [1.807, 2.05) is 6.07 Å². The van der Waals surface area contributed by atoms with Crippen molar-refractivity contribution in [3.8, 4) is 11.8 Å². The molecule has 1 aromatic carbocycles. The first-order chi connectivity index (χ1) is 9.93. The van der Waals surface area contributed by atoms with Crippen LogP contribution in [0.2, 0.25) is 0 Å². The highest BCUT2D eigenvalue weighted by Crippen LogP contribution is 2.17. The van der Waals surface area contributed by atoms with Crippen molar-refractivity contribution in [3.63, 3.8) is 0 Å². The summed E-state index contributed by atoms with van der Waals surface area (Å²) >= 11 is 0. The SMILES string of the molecule is CN(Cc1ccc(O)cc1)S(=O)(=O)c1ccc(C#N)nc1. The molecule has 0 spiro atoms. The van der Waals surface area contributed by atoms with Crippen LogP contribution < -0.4 is 0 Å². The number of benzene rings is 1. The number of sulfonamides is 1. The Labute approximate surface area is 123 Å². The van der Waals surface area contributed by atoms with Gasteiger partial charge in [-0.15, -0.1) is 0 Å². The lowest BCUT2D eigenvalue weighted by Crippen LogP contribution is -2.26. The number of phenols is 1. The van der Waals surface area contributed by atoms with Crippen LogP contribution in [-0.4, -0.2) is 29.9 Å². The van der Waals surface area contributed by atoms with E-state index in [-0.39, 0.29) is 22.9 Å². The lowest BCUT2D eigenvalue weighted by atomic mass is 10.2. The van der Waals surface area contributed by atoms with E-state index in [2.05, 4.69) is 4.98 Å². The molecule has 0 bridgehead atoms. The van der Waals surface area contributed by atoms with E-state index >= 15 is 0 Å². The molecule has 21 heavy (non-hydrogen) atoms. The first-order valence-electron chi connectivity index (χ1n) is 6.04. The topological polar surface area (TPSA) is 94.3 Å². The lowest BCUT2D eigenvalue weighted by Gasteiger charge is -2.17. The Kier molecular flexibility index (Phi) is 4.21. The molecule has 0 aliphatic rings. The number of nitriles is 1. The van der Waals surface area contributed by atoms with Crippen LogP contribution in [0.1, 0.15) is 11.3 Å². The van der Waals surface area contributed by atoms with Crippen molar-refractivity contribution in [2.75, 3.05) is 7.05 Å². The molecule has 0 saturated heterocycles. The van der Waals surface area contributed by atoms with Gasteiger partial charge in [0.1, 0.15) is 22.4 Å². The van der Waals surface area contributed by atoms with Gasteiger partial charge in [0.05, 0.1) is 0 Å². The van der Waals surface area contributed by atoms with Crippen LogP contribution in [-0.2, 0) is 16.6 Å². The van der Waals surface area contributed by atoms with Crippen molar-refractivity contribution in [2.24, 2.45) is 0 Å². The predicted octanol–water partition coefficient (Wildman–Crippen LogP) is 1.48. The molecule has 1 N–H and O–H groups in total. The van der Waals surface area contributed by atoms with Crippen molar-refractivity contribution in [2.45, 2.75) is 11.4 Å². The maximum atomic E-state index is 12.4. The van der Waals surface area contributed by atoms with Gasteiger partial charge in [-0.3, -0.25) is 0 Å². The number of aromatic hydroxyl groups is 1. The van der Waals surface area contributed by atoms with Crippen LogP contribution in [0.15, 0.2) is 47.5 Å². The maximum Gasteiger partial charge on any atom is 0.244 e. The molecule has 0 atom stereocenters. The van der Waals surface area contributed by atoms with Gasteiger partial charge in [-0.25, -0.2) is 13.4 Å². The first kappa shape index (κ1) is 15.0. The van der Waals surface area contributed by atoms with Gasteiger partial charge in [0.25, 0.3) is 0 Å². The highest BCUT2D eigenvalue weighted by atomic mass is 32.2. The largest absolute Gasteiger partial charge is 0.508 e. The number of hydrogen-bond donors (Lipinski definition) is 1. The maximum absolute atomic E-state index is 12.4. The fraction of sp³-hybridized carbons (Fsp3) is 0.143. The van der Waals surface area contributed by atoms with E-state index < -0.39 is 10.0 Å². The molecule has 1 heterocycles. The first-order valence-corrected chi connectivity index (χ1v) is 7.48. The van der Waals surface area contributed by atoms with E-state index in [9.17, 15) is 13.5 Å². The molecule has 6 nitrogen and oxygen atoms in total. The second-order valence-electron chi connectivity index (χ2n) is 4.42. The molecule has 0 saturated carbocycles. The molecule has 2 rings (SSSR count). The average Bonchev–Trinajstić information content (AvgIpc) is 2.49. The molecule has 0 aliphatic carbocycles. The van der Waals surface area contributed by atoms with Crippen molar-refractivity contribution >= 4 is 10.0 Å². The Bertz CT molecular complexity index is 763. The van der Waals surface area contributed by atoms with E-state index in [0.717, 1.165) is 5.56 Å². The molecule has 0 amide bonds. The van der Waals surface area contributed by atoms with Crippen molar-refractivity contribution in [3.05, 3.63) is 53.9 Å². The Hall–Kier alpha value is -2.43. The normalized spacial score (nSPS) is 11.3. The second kappa shape index (κ2) is 5.91. The van der Waals surface area contributed by atoms with Crippen LogP contribution in [0, 0.1) is 11.3 Å². The molecule has 0 unspecified atom stereocenters. The minimum atomic E-state index is -3.67. The van der Waals surface area contributed by atoms with Gasteiger partial charge in [-0.05, 0) is 29.8 Å². The summed E-state index contributed by atoms with van der Waals surface area (Å²) in [5, 5.41) is 17.9. The number of phenolic OH excluding ortho intramolecular Hbond substituents is 1. The minimum Gasteiger partial charge on any atom is -0.508 e. The summed E-state index contributed by atoms with van der Waals surface area (Å²) in [6, 6.07) is 10.9. The van der Waals surface area contributed by atoms with E-state index in [1.54, 1.807) is 12.1 Å². The van der Waals surface area contributed by atoms with Crippen LogP contribution in [0.4, 0.5) is 0 Å². The Balaban J connectivity index is 2.21. The van der Waals surface area contributed by atoms with Gasteiger partial charge < -0.3 is 5.11 Å². The smallest absolute Gasteiger partial charge is 0.244 e. The predicted molar refractivity (Wildman–Crippen MR) is 75.7 cm³/mol. The van der Waals surface area contributed by atoms with Crippen LogP contribution in [0.3, 0.4) is 0 Å². The molecule has 7 heteroatoms. The van der Waals surface area contributed by atoms with Crippen LogP contribution in [0.25, 0.3) is 0 Å². The molecule has 0 aliphatic heterocycles. The van der Waals surface area contributed by atoms with Crippen molar-refractivity contribution in [1.82, 2.24) is 9.29 Å². The highest BCUT2D eigenvalue weighted by Gasteiger charge is 2.21. The number of pyridine rings is 1. The van der Waals surface area contributed by atoms with Gasteiger partial charge in [0.15, 0.2) is 0 Å². The zero-order chi connectivity index (χ0) is 15.5. The standard InChI is InChI=1S/C14H13N3O3S/c1-17(10-11-2-5-13(18)6-3-11)21(19,20)14-7-4-12(8-15)16-9-14/h2-7,9,18H,10H2,1H3. The van der Waals surface area contributed by atoms with Crippen LogP contribution in [0.5, 0.6) is 5.75 Å². The summed E-state index contributed by atoms with van der Waals surface area (Å²) in [4.78, 5) is 3.79. The van der Waals surface area contributed by atoms with Gasteiger partial charge in [0.2, 0.25) is 10.0 Å². The zero-order valence-electron chi connectivity index (χ0n) is 11.3. The van der Waals surface area contributed by atoms with E-state index in [1.165, 1.54) is 41.8 Å². The number of rotatable bonds is 4. The molecule has 0 fully saturated rings. The molecule has 2 aromatic rings. The summed E-state index contributed by atoms with van der Waals surface area (Å²) < 4.78 is 25.9. The third kappa shape index (κ3) is 3.37. The summed E-state index contributed by atoms with van der Waals surface area (Å²) in [5.74, 6) is 0.126. The fourth-order valence-corrected chi connectivity index (χ4v) is 2.83. The zero-order valence-corrected chi connectivity index (χ0v) is 12.1. The van der Waals surface area contributed by atoms with Crippen molar-refractivity contribution in [1.29, 1.82) is 5.26 Å². The van der Waals surface area contributed by atoms with E-state index in [0.29, 0.717) is 0 Å². The second-order valence-corrected chi connectivity index (χ2v) is 6.46. The van der Waals surface area contributed by atoms with Gasteiger partial charge in [-0.1, -0.05) is 12.1 Å². The van der Waals surface area contributed by atoms with Gasteiger partial charge in [0, 0.05) is 19.8 Å².